The van der Waals surface area contributed by atoms with Gasteiger partial charge in [-0.3, -0.25) is 9.59 Å². The van der Waals surface area contributed by atoms with Crippen molar-refractivity contribution in [2.24, 2.45) is 0 Å². The van der Waals surface area contributed by atoms with E-state index in [9.17, 15) is 9.59 Å². The lowest BCUT2D eigenvalue weighted by Crippen LogP contribution is -2.42. The van der Waals surface area contributed by atoms with Gasteiger partial charge in [-0.05, 0) is 25.0 Å². The number of hydrogen-bond donors (Lipinski definition) is 1. The summed E-state index contributed by atoms with van der Waals surface area (Å²) in [7, 11) is 1.74. The summed E-state index contributed by atoms with van der Waals surface area (Å²) < 4.78 is 0. The summed E-state index contributed by atoms with van der Waals surface area (Å²) in [6, 6.07) is 3.99. The van der Waals surface area contributed by atoms with Crippen molar-refractivity contribution in [2.45, 2.75) is 48.4 Å². The average molecular weight is 305 g/mol. The van der Waals surface area contributed by atoms with Crippen LogP contribution in [0.3, 0.4) is 0 Å². The molecule has 2 aliphatic rings. The lowest BCUT2D eigenvalue weighted by molar-refractivity contribution is -0.125. The number of anilines is 1. The molecule has 1 aliphatic heterocycles. The van der Waals surface area contributed by atoms with E-state index in [0.717, 1.165) is 23.6 Å². The maximum absolute atomic E-state index is 12.4. The van der Waals surface area contributed by atoms with Gasteiger partial charge in [0.2, 0.25) is 11.8 Å². The van der Waals surface area contributed by atoms with Gasteiger partial charge in [0, 0.05) is 25.7 Å². The highest BCUT2D eigenvalue weighted by Crippen LogP contribution is 2.37. The Labute approximate surface area is 128 Å². The monoisotopic (exact) mass is 305 g/mol. The van der Waals surface area contributed by atoms with Gasteiger partial charge < -0.3 is 10.2 Å². The number of carbonyl (C=O) groups is 2. The fraction of sp³-hybridized carbons (Fsp3) is 0.533. The normalized spacial score (nSPS) is 22.2. The molecule has 1 saturated carbocycles. The SMILES string of the molecule is CN1C(=O)C(CC(=O)NC2CCCC2)Sc2ncccc21. The zero-order valence-corrected chi connectivity index (χ0v) is 12.9. The van der Waals surface area contributed by atoms with Crippen molar-refractivity contribution in [3.05, 3.63) is 18.3 Å². The number of hydrogen-bond acceptors (Lipinski definition) is 4. The van der Waals surface area contributed by atoms with Crippen LogP contribution in [0.15, 0.2) is 23.4 Å². The Kier molecular flexibility index (Phi) is 4.14. The molecule has 1 aromatic heterocycles. The molecule has 112 valence electrons. The quantitative estimate of drug-likeness (QED) is 0.927. The Morgan fingerprint density at radius 1 is 1.48 bits per heavy atom. The third-order valence-corrected chi connectivity index (χ3v) is 5.25. The third-order valence-electron chi connectivity index (χ3n) is 4.06. The van der Waals surface area contributed by atoms with E-state index >= 15 is 0 Å². The van der Waals surface area contributed by atoms with Gasteiger partial charge in [-0.2, -0.15) is 0 Å². The van der Waals surface area contributed by atoms with Gasteiger partial charge in [0.25, 0.3) is 0 Å². The number of thioether (sulfide) groups is 1. The summed E-state index contributed by atoms with van der Waals surface area (Å²) in [5, 5.41) is 3.48. The molecule has 3 rings (SSSR count). The first kappa shape index (κ1) is 14.4. The molecule has 5 nitrogen and oxygen atoms in total. The van der Waals surface area contributed by atoms with Crippen molar-refractivity contribution in [3.63, 3.8) is 0 Å². The van der Waals surface area contributed by atoms with Crippen molar-refractivity contribution in [3.8, 4) is 0 Å². The summed E-state index contributed by atoms with van der Waals surface area (Å²) in [6.45, 7) is 0. The van der Waals surface area contributed by atoms with Crippen LogP contribution in [-0.4, -0.2) is 35.1 Å². The Morgan fingerprint density at radius 2 is 2.24 bits per heavy atom. The largest absolute Gasteiger partial charge is 0.353 e. The summed E-state index contributed by atoms with van der Waals surface area (Å²) in [4.78, 5) is 30.4. The second kappa shape index (κ2) is 6.05. The minimum absolute atomic E-state index is 0.0259. The van der Waals surface area contributed by atoms with Gasteiger partial charge in [0.15, 0.2) is 0 Å². The molecule has 0 spiro atoms. The van der Waals surface area contributed by atoms with E-state index in [0.29, 0.717) is 6.04 Å². The van der Waals surface area contributed by atoms with Crippen LogP contribution in [-0.2, 0) is 9.59 Å². The van der Waals surface area contributed by atoms with Gasteiger partial charge in [-0.1, -0.05) is 24.6 Å². The number of carbonyl (C=O) groups excluding carboxylic acids is 2. The second-order valence-corrected chi connectivity index (χ2v) is 6.78. The highest BCUT2D eigenvalue weighted by molar-refractivity contribution is 8.00. The van der Waals surface area contributed by atoms with E-state index in [-0.39, 0.29) is 23.5 Å². The minimum Gasteiger partial charge on any atom is -0.353 e. The van der Waals surface area contributed by atoms with Crippen molar-refractivity contribution in [1.82, 2.24) is 10.3 Å². The minimum atomic E-state index is -0.376. The standard InChI is InChI=1S/C15H19N3O2S/c1-18-11-7-4-8-16-14(11)21-12(15(18)20)9-13(19)17-10-5-2-3-6-10/h4,7-8,10,12H,2-3,5-6,9H2,1H3,(H,17,19). The molecule has 2 amide bonds. The first-order valence-electron chi connectivity index (χ1n) is 7.34. The van der Waals surface area contributed by atoms with E-state index in [2.05, 4.69) is 10.3 Å². The third kappa shape index (κ3) is 3.05. The Bertz CT molecular complexity index is 558. The van der Waals surface area contributed by atoms with Crippen LogP contribution < -0.4 is 10.2 Å². The van der Waals surface area contributed by atoms with Gasteiger partial charge in [-0.15, -0.1) is 0 Å². The van der Waals surface area contributed by atoms with Gasteiger partial charge >= 0.3 is 0 Å². The number of nitrogens with one attached hydrogen (secondary N) is 1. The average Bonchev–Trinajstić information content (AvgIpc) is 2.97. The Hall–Kier alpha value is -1.56. The van der Waals surface area contributed by atoms with Crippen molar-refractivity contribution < 1.29 is 9.59 Å². The highest BCUT2D eigenvalue weighted by Gasteiger charge is 2.34. The van der Waals surface area contributed by atoms with E-state index in [1.165, 1.54) is 24.6 Å². The first-order valence-corrected chi connectivity index (χ1v) is 8.21. The molecule has 1 fully saturated rings. The van der Waals surface area contributed by atoms with Crippen molar-refractivity contribution in [1.29, 1.82) is 0 Å². The number of amides is 2. The van der Waals surface area contributed by atoms with Crippen LogP contribution in [0.2, 0.25) is 0 Å². The summed E-state index contributed by atoms with van der Waals surface area (Å²) in [5.74, 6) is -0.0531. The molecule has 21 heavy (non-hydrogen) atoms. The molecule has 1 N–H and O–H groups in total. The predicted molar refractivity (Wildman–Crippen MR) is 82.3 cm³/mol. The maximum Gasteiger partial charge on any atom is 0.240 e. The molecule has 1 atom stereocenters. The lowest BCUT2D eigenvalue weighted by atomic mass is 10.2. The number of fused-ring (bicyclic) bond motifs is 1. The van der Waals surface area contributed by atoms with Crippen LogP contribution >= 0.6 is 11.8 Å². The highest BCUT2D eigenvalue weighted by atomic mass is 32.2. The first-order chi connectivity index (χ1) is 10.1. The zero-order chi connectivity index (χ0) is 14.8. The fourth-order valence-electron chi connectivity index (χ4n) is 2.90. The lowest BCUT2D eigenvalue weighted by Gasteiger charge is -2.29. The molecule has 0 radical (unpaired) electrons. The molecule has 1 aliphatic carbocycles. The molecule has 0 bridgehead atoms. The zero-order valence-electron chi connectivity index (χ0n) is 12.0. The van der Waals surface area contributed by atoms with E-state index < -0.39 is 0 Å². The van der Waals surface area contributed by atoms with Crippen molar-refractivity contribution in [2.75, 3.05) is 11.9 Å². The second-order valence-electron chi connectivity index (χ2n) is 5.58. The van der Waals surface area contributed by atoms with E-state index in [1.54, 1.807) is 18.1 Å². The molecular formula is C15H19N3O2S. The number of aromatic nitrogens is 1. The van der Waals surface area contributed by atoms with Gasteiger partial charge in [0.1, 0.15) is 5.03 Å². The molecule has 6 heteroatoms. The smallest absolute Gasteiger partial charge is 0.240 e. The van der Waals surface area contributed by atoms with Crippen LogP contribution in [0.1, 0.15) is 32.1 Å². The maximum atomic E-state index is 12.4. The molecule has 1 unspecified atom stereocenters. The molecular weight excluding hydrogens is 286 g/mol. The molecule has 0 saturated heterocycles. The van der Waals surface area contributed by atoms with Crippen LogP contribution in [0.25, 0.3) is 0 Å². The van der Waals surface area contributed by atoms with Crippen LogP contribution in [0, 0.1) is 0 Å². The number of pyridine rings is 1. The summed E-state index contributed by atoms with van der Waals surface area (Å²) in [5.41, 5.74) is 0.819. The Morgan fingerprint density at radius 3 is 3.00 bits per heavy atom. The van der Waals surface area contributed by atoms with Crippen LogP contribution in [0.4, 0.5) is 5.69 Å². The van der Waals surface area contributed by atoms with Crippen molar-refractivity contribution >= 4 is 29.3 Å². The van der Waals surface area contributed by atoms with E-state index in [1.807, 2.05) is 12.1 Å². The molecule has 2 heterocycles. The predicted octanol–water partition coefficient (Wildman–Crippen LogP) is 1.97. The number of nitrogens with zero attached hydrogens (tertiary/aromatic N) is 2. The van der Waals surface area contributed by atoms with E-state index in [4.69, 9.17) is 0 Å². The summed E-state index contributed by atoms with van der Waals surface area (Å²) >= 11 is 1.39. The fourth-order valence-corrected chi connectivity index (χ4v) is 4.11. The Balaban J connectivity index is 1.66. The topological polar surface area (TPSA) is 62.3 Å². The van der Waals surface area contributed by atoms with Crippen LogP contribution in [0.5, 0.6) is 0 Å². The number of rotatable bonds is 3. The molecule has 0 aromatic carbocycles. The molecule has 1 aromatic rings. The van der Waals surface area contributed by atoms with Gasteiger partial charge in [0.05, 0.1) is 10.9 Å². The van der Waals surface area contributed by atoms with Gasteiger partial charge in [-0.25, -0.2) is 4.98 Å². The summed E-state index contributed by atoms with van der Waals surface area (Å²) in [6.07, 6.45) is 6.42.